The Balaban J connectivity index is 3.18. The quantitative estimate of drug-likeness (QED) is 0.190. The lowest BCUT2D eigenvalue weighted by molar-refractivity contribution is -0.132. The Morgan fingerprint density at radius 3 is 1.54 bits per heavy atom. The average Bonchev–Trinajstić information content (AvgIpc) is 2.69. The number of aliphatic hydroxyl groups is 1. The topological polar surface area (TPSA) is 66.4 Å². The monoisotopic (exact) mass is 395 g/mol. The van der Waals surface area contributed by atoms with Crippen LogP contribution >= 0.6 is 0 Å². The van der Waals surface area contributed by atoms with E-state index in [1.54, 1.807) is 0 Å². The SMILES string of the molecule is CCCCCCCC/C=C\CCCCCCCCCCCC(=O)NC(=O)CO. The van der Waals surface area contributed by atoms with Crippen LogP contribution in [0.5, 0.6) is 0 Å². The molecule has 0 rings (SSSR count). The lowest BCUT2D eigenvalue weighted by Gasteiger charge is -2.03. The van der Waals surface area contributed by atoms with Crippen molar-refractivity contribution >= 4 is 11.8 Å². The molecule has 4 heteroatoms. The maximum Gasteiger partial charge on any atom is 0.252 e. The molecule has 164 valence electrons. The third-order valence-corrected chi connectivity index (χ3v) is 5.09. The second-order valence-electron chi connectivity index (χ2n) is 7.88. The Morgan fingerprint density at radius 1 is 0.643 bits per heavy atom. The number of amides is 2. The Hall–Kier alpha value is -1.16. The molecule has 0 saturated heterocycles. The van der Waals surface area contributed by atoms with Crippen molar-refractivity contribution in [3.8, 4) is 0 Å². The van der Waals surface area contributed by atoms with Crippen LogP contribution in [0.2, 0.25) is 0 Å². The number of nitrogens with one attached hydrogen (secondary N) is 1. The number of rotatable bonds is 20. The van der Waals surface area contributed by atoms with Crippen LogP contribution in [0.3, 0.4) is 0 Å². The fourth-order valence-corrected chi connectivity index (χ4v) is 3.32. The summed E-state index contributed by atoms with van der Waals surface area (Å²) in [4.78, 5) is 22.2. The van der Waals surface area contributed by atoms with Crippen LogP contribution in [0.25, 0.3) is 0 Å². The van der Waals surface area contributed by atoms with E-state index in [1.807, 2.05) is 0 Å². The van der Waals surface area contributed by atoms with E-state index in [2.05, 4.69) is 24.4 Å². The predicted molar refractivity (Wildman–Crippen MR) is 118 cm³/mol. The second-order valence-corrected chi connectivity index (χ2v) is 7.88. The van der Waals surface area contributed by atoms with Crippen molar-refractivity contribution in [1.82, 2.24) is 5.32 Å². The molecule has 0 spiro atoms. The molecule has 0 aliphatic rings. The van der Waals surface area contributed by atoms with Crippen molar-refractivity contribution in [2.45, 2.75) is 122 Å². The summed E-state index contributed by atoms with van der Waals surface area (Å²) in [6.07, 6.45) is 26.7. The zero-order valence-corrected chi connectivity index (χ0v) is 18.4. The van der Waals surface area contributed by atoms with Gasteiger partial charge < -0.3 is 5.11 Å². The summed E-state index contributed by atoms with van der Waals surface area (Å²) in [5.41, 5.74) is 0. The number of allylic oxidation sites excluding steroid dienone is 2. The molecule has 2 N–H and O–H groups in total. The highest BCUT2D eigenvalue weighted by molar-refractivity contribution is 5.95. The molecule has 2 amide bonds. The van der Waals surface area contributed by atoms with E-state index in [4.69, 9.17) is 5.11 Å². The van der Waals surface area contributed by atoms with Crippen molar-refractivity contribution in [2.75, 3.05) is 6.61 Å². The molecule has 0 aromatic heterocycles. The van der Waals surface area contributed by atoms with Gasteiger partial charge in [-0.1, -0.05) is 96.1 Å². The Kier molecular flexibility index (Phi) is 21.2. The first-order valence-electron chi connectivity index (χ1n) is 11.8. The maximum atomic E-state index is 11.3. The van der Waals surface area contributed by atoms with Crippen molar-refractivity contribution < 1.29 is 14.7 Å². The standard InChI is InChI=1S/C24H45NO3/c1-2-3-4-5-6-7-8-9-10-11-12-13-14-15-16-17-18-19-20-21-23(27)25-24(28)22-26/h9-10,26H,2-8,11-22H2,1H3,(H,25,27,28)/b10-9-. The van der Waals surface area contributed by atoms with Crippen LogP contribution in [0.1, 0.15) is 122 Å². The molecule has 0 heterocycles. The molecular weight excluding hydrogens is 350 g/mol. The molecule has 0 aliphatic carbocycles. The van der Waals surface area contributed by atoms with Crippen molar-refractivity contribution in [1.29, 1.82) is 0 Å². The number of carbonyl (C=O) groups is 2. The largest absolute Gasteiger partial charge is 0.387 e. The Labute approximate surface area is 173 Å². The normalized spacial score (nSPS) is 11.2. The summed E-state index contributed by atoms with van der Waals surface area (Å²) in [6, 6.07) is 0. The minimum atomic E-state index is -0.624. The average molecular weight is 396 g/mol. The fourth-order valence-electron chi connectivity index (χ4n) is 3.32. The number of hydrogen-bond donors (Lipinski definition) is 2. The smallest absolute Gasteiger partial charge is 0.252 e. The van der Waals surface area contributed by atoms with Crippen molar-refractivity contribution in [2.24, 2.45) is 0 Å². The number of carbonyl (C=O) groups excluding carboxylic acids is 2. The van der Waals surface area contributed by atoms with Gasteiger partial charge in [0.2, 0.25) is 5.91 Å². The summed E-state index contributed by atoms with van der Waals surface area (Å²) in [5.74, 6) is -0.890. The highest BCUT2D eigenvalue weighted by atomic mass is 16.3. The summed E-state index contributed by atoms with van der Waals surface area (Å²) in [7, 11) is 0. The predicted octanol–water partition coefficient (Wildman–Crippen LogP) is 6.22. The fraction of sp³-hybridized carbons (Fsp3) is 0.833. The van der Waals surface area contributed by atoms with Crippen LogP contribution in [0, 0.1) is 0 Å². The van der Waals surface area contributed by atoms with Gasteiger partial charge in [0.05, 0.1) is 0 Å². The molecule has 0 atom stereocenters. The van der Waals surface area contributed by atoms with E-state index in [0.29, 0.717) is 6.42 Å². The first kappa shape index (κ1) is 26.8. The molecule has 0 unspecified atom stereocenters. The van der Waals surface area contributed by atoms with Crippen LogP contribution in [0.4, 0.5) is 0 Å². The van der Waals surface area contributed by atoms with Gasteiger partial charge in [-0.2, -0.15) is 0 Å². The molecule has 4 nitrogen and oxygen atoms in total. The minimum absolute atomic E-state index is 0.278. The van der Waals surface area contributed by atoms with E-state index in [-0.39, 0.29) is 5.91 Å². The molecule has 0 fully saturated rings. The summed E-state index contributed by atoms with van der Waals surface area (Å²) in [5, 5.41) is 10.7. The molecule has 0 saturated carbocycles. The molecule has 0 aliphatic heterocycles. The van der Waals surface area contributed by atoms with Gasteiger partial charge in [-0.05, 0) is 32.1 Å². The number of imide groups is 1. The van der Waals surface area contributed by atoms with E-state index >= 15 is 0 Å². The highest BCUT2D eigenvalue weighted by Gasteiger charge is 2.05. The van der Waals surface area contributed by atoms with Gasteiger partial charge in [0.1, 0.15) is 6.61 Å². The molecule has 28 heavy (non-hydrogen) atoms. The van der Waals surface area contributed by atoms with E-state index in [9.17, 15) is 9.59 Å². The van der Waals surface area contributed by atoms with Gasteiger partial charge in [0, 0.05) is 6.42 Å². The Morgan fingerprint density at radius 2 is 1.07 bits per heavy atom. The van der Waals surface area contributed by atoms with Gasteiger partial charge in [0.15, 0.2) is 0 Å². The molecule has 0 bridgehead atoms. The van der Waals surface area contributed by atoms with Gasteiger partial charge in [-0.15, -0.1) is 0 Å². The minimum Gasteiger partial charge on any atom is -0.387 e. The van der Waals surface area contributed by atoms with Crippen LogP contribution in [0.15, 0.2) is 12.2 Å². The third-order valence-electron chi connectivity index (χ3n) is 5.09. The first-order valence-corrected chi connectivity index (χ1v) is 11.8. The zero-order chi connectivity index (χ0) is 20.7. The van der Waals surface area contributed by atoms with Gasteiger partial charge in [-0.3, -0.25) is 14.9 Å². The summed E-state index contributed by atoms with van der Waals surface area (Å²) >= 11 is 0. The molecular formula is C24H45NO3. The summed E-state index contributed by atoms with van der Waals surface area (Å²) in [6.45, 7) is 1.64. The number of hydrogen-bond acceptors (Lipinski definition) is 3. The highest BCUT2D eigenvalue weighted by Crippen LogP contribution is 2.12. The van der Waals surface area contributed by atoms with Gasteiger partial charge in [-0.25, -0.2) is 0 Å². The molecule has 0 aromatic carbocycles. The van der Waals surface area contributed by atoms with Gasteiger partial charge >= 0.3 is 0 Å². The third kappa shape index (κ3) is 21.1. The van der Waals surface area contributed by atoms with E-state index < -0.39 is 12.5 Å². The second kappa shape index (κ2) is 22.1. The summed E-state index contributed by atoms with van der Waals surface area (Å²) < 4.78 is 0. The van der Waals surface area contributed by atoms with Crippen LogP contribution in [-0.2, 0) is 9.59 Å². The van der Waals surface area contributed by atoms with Crippen LogP contribution < -0.4 is 5.32 Å². The van der Waals surface area contributed by atoms with Crippen LogP contribution in [-0.4, -0.2) is 23.5 Å². The first-order chi connectivity index (χ1) is 13.7. The number of unbranched alkanes of at least 4 members (excludes halogenated alkanes) is 15. The van der Waals surface area contributed by atoms with Crippen molar-refractivity contribution in [3.63, 3.8) is 0 Å². The van der Waals surface area contributed by atoms with E-state index in [1.165, 1.54) is 89.9 Å². The van der Waals surface area contributed by atoms with Gasteiger partial charge in [0.25, 0.3) is 5.91 Å². The lowest BCUT2D eigenvalue weighted by atomic mass is 10.1. The Bertz CT molecular complexity index is 393. The lowest BCUT2D eigenvalue weighted by Crippen LogP contribution is -2.32. The maximum absolute atomic E-state index is 11.3. The molecule has 0 radical (unpaired) electrons. The molecule has 0 aromatic rings. The zero-order valence-electron chi connectivity index (χ0n) is 18.4. The van der Waals surface area contributed by atoms with E-state index in [0.717, 1.165) is 19.3 Å². The van der Waals surface area contributed by atoms with Crippen molar-refractivity contribution in [3.05, 3.63) is 12.2 Å². The number of aliphatic hydroxyl groups excluding tert-OH is 1.